The molecule has 0 spiro atoms. The number of rotatable bonds is 7. The average molecular weight is 469 g/mol. The second-order valence-electron chi connectivity index (χ2n) is 7.47. The largest absolute Gasteiger partial charge is 0.494 e. The van der Waals surface area contributed by atoms with Crippen LogP contribution >= 0.6 is 11.6 Å². The molecule has 0 aliphatic heterocycles. The van der Waals surface area contributed by atoms with E-state index in [0.29, 0.717) is 17.0 Å². The van der Waals surface area contributed by atoms with E-state index in [4.69, 9.17) is 16.3 Å². The van der Waals surface area contributed by atoms with Crippen molar-refractivity contribution >= 4 is 23.0 Å². The van der Waals surface area contributed by atoms with E-state index >= 15 is 0 Å². The highest BCUT2D eigenvalue weighted by atomic mass is 35.5. The Morgan fingerprint density at radius 2 is 2.03 bits per heavy atom. The second-order valence-corrected chi connectivity index (χ2v) is 7.91. The van der Waals surface area contributed by atoms with Gasteiger partial charge in [0.2, 0.25) is 0 Å². The monoisotopic (exact) mass is 468 g/mol. The van der Waals surface area contributed by atoms with Crippen molar-refractivity contribution in [1.82, 2.24) is 14.1 Å². The number of ether oxygens (including phenoxy) is 1. The summed E-state index contributed by atoms with van der Waals surface area (Å²) in [6, 6.07) is 11.8. The van der Waals surface area contributed by atoms with Crippen molar-refractivity contribution in [2.75, 3.05) is 19.0 Å². The first-order chi connectivity index (χ1) is 15.9. The van der Waals surface area contributed by atoms with Gasteiger partial charge in [0.05, 0.1) is 42.5 Å². The molecule has 0 saturated carbocycles. The zero-order chi connectivity index (χ0) is 23.5. The molecular weight excluding hydrogens is 447 g/mol. The van der Waals surface area contributed by atoms with Gasteiger partial charge in [-0.3, -0.25) is 4.79 Å². The first-order valence-corrected chi connectivity index (χ1v) is 10.5. The number of benzene rings is 2. The molecule has 0 aliphatic carbocycles. The Balaban J connectivity index is 1.71. The van der Waals surface area contributed by atoms with E-state index in [1.807, 2.05) is 23.8 Å². The van der Waals surface area contributed by atoms with Crippen LogP contribution in [-0.4, -0.2) is 32.9 Å². The van der Waals surface area contributed by atoms with Crippen LogP contribution in [0.4, 0.5) is 15.8 Å². The van der Waals surface area contributed by atoms with E-state index in [0.717, 1.165) is 11.4 Å². The molecule has 2 N–H and O–H groups in total. The van der Waals surface area contributed by atoms with E-state index in [1.54, 1.807) is 31.6 Å². The van der Waals surface area contributed by atoms with E-state index in [2.05, 4.69) is 10.3 Å². The zero-order valence-electron chi connectivity index (χ0n) is 18.0. The molecule has 0 saturated heterocycles. The predicted molar refractivity (Wildman–Crippen MR) is 125 cm³/mol. The fourth-order valence-electron chi connectivity index (χ4n) is 3.63. The number of hydrogen-bond donors (Lipinski definition) is 2. The highest BCUT2D eigenvalue weighted by Crippen LogP contribution is 2.29. The summed E-state index contributed by atoms with van der Waals surface area (Å²) in [5.74, 6) is 0.118. The minimum Gasteiger partial charge on any atom is -0.494 e. The topological polar surface area (TPSA) is 81.3 Å². The quantitative estimate of drug-likeness (QED) is 0.418. The van der Waals surface area contributed by atoms with Crippen LogP contribution in [0.5, 0.6) is 5.75 Å². The first-order valence-electron chi connectivity index (χ1n) is 10.1. The highest BCUT2D eigenvalue weighted by Gasteiger charge is 2.18. The lowest BCUT2D eigenvalue weighted by atomic mass is 10.1. The molecule has 9 heteroatoms. The number of anilines is 2. The molecule has 2 heterocycles. The summed E-state index contributed by atoms with van der Waals surface area (Å²) in [7, 11) is 1.56. The number of nitrogens with zero attached hydrogens (tertiary/aromatic N) is 3. The molecule has 0 unspecified atom stereocenters. The highest BCUT2D eigenvalue weighted by molar-refractivity contribution is 6.30. The summed E-state index contributed by atoms with van der Waals surface area (Å²) < 4.78 is 22.4. The zero-order valence-corrected chi connectivity index (χ0v) is 18.8. The SMILES string of the molecule is COc1cc(Nc2cc(Cl)cn([C@@H](CO)c3cccc(F)c3)c2=O)ccc1-n1cnc(C)c1. The number of aliphatic hydroxyl groups is 1. The van der Waals surface area contributed by atoms with Gasteiger partial charge in [-0.25, -0.2) is 9.37 Å². The third-order valence-electron chi connectivity index (χ3n) is 5.20. The third-order valence-corrected chi connectivity index (χ3v) is 5.41. The first kappa shape index (κ1) is 22.6. The van der Waals surface area contributed by atoms with Crippen molar-refractivity contribution in [2.24, 2.45) is 0 Å². The van der Waals surface area contributed by atoms with Crippen molar-refractivity contribution in [1.29, 1.82) is 0 Å². The number of nitrogens with one attached hydrogen (secondary N) is 1. The third kappa shape index (κ3) is 4.76. The van der Waals surface area contributed by atoms with Crippen molar-refractivity contribution in [3.8, 4) is 11.4 Å². The van der Waals surface area contributed by atoms with Crippen LogP contribution in [0.2, 0.25) is 5.02 Å². The molecule has 2 aromatic carbocycles. The minimum absolute atomic E-state index is 0.200. The number of aromatic nitrogens is 3. The fraction of sp³-hybridized carbons (Fsp3) is 0.167. The summed E-state index contributed by atoms with van der Waals surface area (Å²) in [6.45, 7) is 1.49. The summed E-state index contributed by atoms with van der Waals surface area (Å²) in [4.78, 5) is 17.5. The Labute approximate surface area is 194 Å². The van der Waals surface area contributed by atoms with Crippen molar-refractivity contribution < 1.29 is 14.2 Å². The Morgan fingerprint density at radius 1 is 1.21 bits per heavy atom. The molecule has 170 valence electrons. The Hall–Kier alpha value is -3.62. The molecule has 4 aromatic rings. The standard InChI is InChI=1S/C24H22ClFN4O3/c1-15-11-29(14-27-15)21-7-6-19(10-23(21)33-2)28-20-9-17(25)12-30(24(20)32)22(13-31)16-4-3-5-18(26)8-16/h3-12,14,22,28,31H,13H2,1-2H3/t22-/m0/s1. The van der Waals surface area contributed by atoms with Gasteiger partial charge in [-0.2, -0.15) is 0 Å². The van der Waals surface area contributed by atoms with Gasteiger partial charge in [-0.15, -0.1) is 0 Å². The summed E-state index contributed by atoms with van der Waals surface area (Å²) in [6.07, 6.45) is 4.99. The number of aliphatic hydroxyl groups excluding tert-OH is 1. The number of pyridine rings is 1. The van der Waals surface area contributed by atoms with Crippen LogP contribution < -0.4 is 15.6 Å². The van der Waals surface area contributed by atoms with Crippen LogP contribution in [0.25, 0.3) is 5.69 Å². The second kappa shape index (κ2) is 9.48. The van der Waals surface area contributed by atoms with Gasteiger partial charge in [-0.1, -0.05) is 23.7 Å². The predicted octanol–water partition coefficient (Wildman–Crippen LogP) is 4.47. The molecule has 0 amide bonds. The van der Waals surface area contributed by atoms with Gasteiger partial charge in [0, 0.05) is 24.1 Å². The number of hydrogen-bond acceptors (Lipinski definition) is 5. The molecule has 4 rings (SSSR count). The van der Waals surface area contributed by atoms with E-state index < -0.39 is 24.0 Å². The summed E-state index contributed by atoms with van der Waals surface area (Å²) >= 11 is 6.28. The van der Waals surface area contributed by atoms with Gasteiger partial charge in [0.25, 0.3) is 5.56 Å². The lowest BCUT2D eigenvalue weighted by molar-refractivity contribution is 0.247. The van der Waals surface area contributed by atoms with Crippen molar-refractivity contribution in [3.63, 3.8) is 0 Å². The van der Waals surface area contributed by atoms with Gasteiger partial charge in [0.15, 0.2) is 0 Å². The molecule has 7 nitrogen and oxygen atoms in total. The number of methoxy groups -OCH3 is 1. The maximum Gasteiger partial charge on any atom is 0.274 e. The summed E-state index contributed by atoms with van der Waals surface area (Å²) in [5.41, 5.74) is 2.50. The number of aryl methyl sites for hydroxylation is 1. The van der Waals surface area contributed by atoms with Gasteiger partial charge < -0.3 is 24.3 Å². The Bertz CT molecular complexity index is 1350. The minimum atomic E-state index is -0.797. The maximum atomic E-state index is 13.7. The van der Waals surface area contributed by atoms with Gasteiger partial charge >= 0.3 is 0 Å². The fourth-order valence-corrected chi connectivity index (χ4v) is 3.85. The van der Waals surface area contributed by atoms with Crippen LogP contribution in [0.3, 0.4) is 0 Å². The molecule has 0 radical (unpaired) electrons. The van der Waals surface area contributed by atoms with Crippen LogP contribution in [0.15, 0.2) is 72.0 Å². The molecule has 0 fully saturated rings. The van der Waals surface area contributed by atoms with Crippen molar-refractivity contribution in [3.05, 3.63) is 99.7 Å². The molecule has 0 bridgehead atoms. The lowest BCUT2D eigenvalue weighted by Gasteiger charge is -2.20. The molecular formula is C24H22ClFN4O3. The average Bonchev–Trinajstić information content (AvgIpc) is 3.23. The molecule has 0 aliphatic rings. The number of imidazole rings is 1. The van der Waals surface area contributed by atoms with E-state index in [-0.39, 0.29) is 10.7 Å². The normalized spacial score (nSPS) is 11.9. The van der Waals surface area contributed by atoms with Gasteiger partial charge in [-0.05, 0) is 42.8 Å². The molecule has 1 atom stereocenters. The van der Waals surface area contributed by atoms with E-state index in [9.17, 15) is 14.3 Å². The van der Waals surface area contributed by atoms with Crippen molar-refractivity contribution in [2.45, 2.75) is 13.0 Å². The lowest BCUT2D eigenvalue weighted by Crippen LogP contribution is -2.29. The Morgan fingerprint density at radius 3 is 2.70 bits per heavy atom. The van der Waals surface area contributed by atoms with Crippen LogP contribution in [-0.2, 0) is 0 Å². The Kier molecular flexibility index (Phi) is 6.48. The van der Waals surface area contributed by atoms with Crippen LogP contribution in [0.1, 0.15) is 17.3 Å². The maximum absolute atomic E-state index is 13.7. The summed E-state index contributed by atoms with van der Waals surface area (Å²) in [5, 5.41) is 13.3. The molecule has 2 aromatic heterocycles. The smallest absolute Gasteiger partial charge is 0.274 e. The number of halogens is 2. The van der Waals surface area contributed by atoms with Crippen LogP contribution in [0, 0.1) is 12.7 Å². The van der Waals surface area contributed by atoms with Gasteiger partial charge in [0.1, 0.15) is 17.3 Å². The molecule has 33 heavy (non-hydrogen) atoms. The van der Waals surface area contributed by atoms with E-state index in [1.165, 1.54) is 35.0 Å².